The minimum atomic E-state index is -4.63. The molecule has 1 aliphatic rings. The van der Waals surface area contributed by atoms with Crippen LogP contribution in [0.5, 0.6) is 5.75 Å². The lowest BCUT2D eigenvalue weighted by atomic mass is 10.2. The number of aromatic nitrogens is 2. The molecule has 1 aliphatic heterocycles. The van der Waals surface area contributed by atoms with E-state index in [0.717, 1.165) is 36.8 Å². The Kier molecular flexibility index (Phi) is 7.81. The zero-order valence-electron chi connectivity index (χ0n) is 21.0. The monoisotopic (exact) mass is 577 g/mol. The number of halogens is 3. The minimum absolute atomic E-state index is 0.171. The summed E-state index contributed by atoms with van der Waals surface area (Å²) in [5.74, 6) is 0.528. The van der Waals surface area contributed by atoms with Crippen LogP contribution in [0, 0.1) is 0 Å². The molecule has 12 heteroatoms. The molecule has 0 atom stereocenters. The first-order valence-corrected chi connectivity index (χ1v) is 14.9. The standard InChI is InChI=1S/C27H26F3N3O4S2/c1-39(34,35)22-7-2-4-19(16-22)24-8-9-25(38-24)23-18-26(27(28,29)30)31-33(23)20-5-3-6-21(17-20)37-15-12-32-10-13-36-14-11-32/h2-9,16-18H,10-15H2,1H3. The summed E-state index contributed by atoms with van der Waals surface area (Å²) in [7, 11) is -3.41. The summed E-state index contributed by atoms with van der Waals surface area (Å²) in [6.45, 7) is 4.20. The molecule has 206 valence electrons. The molecule has 7 nitrogen and oxygen atoms in total. The number of nitrogens with zero attached hydrogens (tertiary/aromatic N) is 3. The van der Waals surface area contributed by atoms with E-state index in [-0.39, 0.29) is 10.6 Å². The first-order chi connectivity index (χ1) is 18.6. The van der Waals surface area contributed by atoms with Gasteiger partial charge in [-0.3, -0.25) is 4.90 Å². The number of morpholine rings is 1. The number of ether oxygens (including phenoxy) is 2. The summed E-state index contributed by atoms with van der Waals surface area (Å²) >= 11 is 1.26. The molecule has 0 aliphatic carbocycles. The van der Waals surface area contributed by atoms with E-state index in [2.05, 4.69) is 10.00 Å². The second-order valence-electron chi connectivity index (χ2n) is 9.09. The first kappa shape index (κ1) is 27.4. The molecule has 2 aromatic heterocycles. The molecule has 0 spiro atoms. The van der Waals surface area contributed by atoms with Gasteiger partial charge in [0.25, 0.3) is 0 Å². The maximum Gasteiger partial charge on any atom is 0.435 e. The molecule has 3 heterocycles. The molecule has 0 saturated carbocycles. The summed E-state index contributed by atoms with van der Waals surface area (Å²) in [5, 5.41) is 3.89. The van der Waals surface area contributed by atoms with Gasteiger partial charge in [0.05, 0.1) is 34.4 Å². The third-order valence-electron chi connectivity index (χ3n) is 6.25. The lowest BCUT2D eigenvalue weighted by Gasteiger charge is -2.26. The van der Waals surface area contributed by atoms with Crippen LogP contribution < -0.4 is 4.74 Å². The Labute approximate surface area is 228 Å². The fourth-order valence-corrected chi connectivity index (χ4v) is 5.90. The first-order valence-electron chi connectivity index (χ1n) is 12.2. The van der Waals surface area contributed by atoms with Gasteiger partial charge >= 0.3 is 6.18 Å². The molecule has 0 radical (unpaired) electrons. The topological polar surface area (TPSA) is 73.7 Å². The van der Waals surface area contributed by atoms with Gasteiger partial charge in [0.2, 0.25) is 0 Å². The van der Waals surface area contributed by atoms with Crippen molar-refractivity contribution in [1.82, 2.24) is 14.7 Å². The largest absolute Gasteiger partial charge is 0.492 e. The Morgan fingerprint density at radius 1 is 1.00 bits per heavy atom. The summed E-state index contributed by atoms with van der Waals surface area (Å²) in [6, 6.07) is 17.8. The van der Waals surface area contributed by atoms with E-state index in [1.54, 1.807) is 54.6 Å². The van der Waals surface area contributed by atoms with E-state index >= 15 is 0 Å². The molecule has 0 N–H and O–H groups in total. The number of benzene rings is 2. The molecule has 4 aromatic rings. The Morgan fingerprint density at radius 2 is 1.74 bits per heavy atom. The zero-order chi connectivity index (χ0) is 27.6. The van der Waals surface area contributed by atoms with Crippen molar-refractivity contribution in [2.75, 3.05) is 45.7 Å². The van der Waals surface area contributed by atoms with Crippen LogP contribution in [-0.4, -0.2) is 68.8 Å². The molecule has 0 amide bonds. The van der Waals surface area contributed by atoms with E-state index in [1.165, 1.54) is 22.1 Å². The van der Waals surface area contributed by atoms with Crippen molar-refractivity contribution in [1.29, 1.82) is 0 Å². The van der Waals surface area contributed by atoms with Crippen LogP contribution >= 0.6 is 11.3 Å². The number of sulfone groups is 1. The molecular weight excluding hydrogens is 551 g/mol. The van der Waals surface area contributed by atoms with E-state index < -0.39 is 21.7 Å². The zero-order valence-corrected chi connectivity index (χ0v) is 22.7. The van der Waals surface area contributed by atoms with Crippen LogP contribution in [0.1, 0.15) is 5.69 Å². The predicted molar refractivity (Wildman–Crippen MR) is 143 cm³/mol. The highest BCUT2D eigenvalue weighted by Gasteiger charge is 2.35. The highest BCUT2D eigenvalue weighted by Crippen LogP contribution is 2.39. The van der Waals surface area contributed by atoms with Crippen molar-refractivity contribution in [3.05, 3.63) is 72.4 Å². The Bertz CT molecular complexity index is 1560. The van der Waals surface area contributed by atoms with Crippen LogP contribution in [0.15, 0.2) is 71.6 Å². The highest BCUT2D eigenvalue weighted by molar-refractivity contribution is 7.90. The fraction of sp³-hybridized carbons (Fsp3) is 0.296. The Morgan fingerprint density at radius 3 is 2.49 bits per heavy atom. The number of hydrogen-bond donors (Lipinski definition) is 0. The van der Waals surface area contributed by atoms with Crippen LogP contribution in [0.2, 0.25) is 0 Å². The van der Waals surface area contributed by atoms with Crippen LogP contribution in [0.3, 0.4) is 0 Å². The average molecular weight is 578 g/mol. The van der Waals surface area contributed by atoms with Gasteiger partial charge in [-0.25, -0.2) is 13.1 Å². The van der Waals surface area contributed by atoms with Crippen molar-refractivity contribution < 1.29 is 31.1 Å². The van der Waals surface area contributed by atoms with E-state index in [9.17, 15) is 21.6 Å². The Balaban J connectivity index is 1.44. The van der Waals surface area contributed by atoms with Crippen molar-refractivity contribution in [3.8, 4) is 32.4 Å². The van der Waals surface area contributed by atoms with E-state index in [1.807, 2.05) is 0 Å². The summed E-state index contributed by atoms with van der Waals surface area (Å²) in [6.07, 6.45) is -3.50. The SMILES string of the molecule is CS(=O)(=O)c1cccc(-c2ccc(-c3cc(C(F)(F)F)nn3-c3cccc(OCCN4CCOCC4)c3)s2)c1. The average Bonchev–Trinajstić information content (AvgIpc) is 3.57. The van der Waals surface area contributed by atoms with Crippen molar-refractivity contribution in [2.24, 2.45) is 0 Å². The number of alkyl halides is 3. The van der Waals surface area contributed by atoms with E-state index in [0.29, 0.717) is 41.7 Å². The maximum absolute atomic E-state index is 13.7. The fourth-order valence-electron chi connectivity index (χ4n) is 4.23. The van der Waals surface area contributed by atoms with Gasteiger partial charge in [-0.1, -0.05) is 18.2 Å². The number of hydrogen-bond acceptors (Lipinski definition) is 7. The minimum Gasteiger partial charge on any atom is -0.492 e. The second-order valence-corrected chi connectivity index (χ2v) is 12.2. The molecule has 1 saturated heterocycles. The lowest BCUT2D eigenvalue weighted by molar-refractivity contribution is -0.141. The molecule has 0 bridgehead atoms. The normalized spacial score (nSPS) is 15.0. The molecule has 2 aromatic carbocycles. The van der Waals surface area contributed by atoms with Crippen LogP contribution in [-0.2, 0) is 20.8 Å². The van der Waals surface area contributed by atoms with Gasteiger partial charge in [0, 0.05) is 36.8 Å². The summed E-state index contributed by atoms with van der Waals surface area (Å²) in [5.41, 5.74) is 0.346. The van der Waals surface area contributed by atoms with Gasteiger partial charge in [0.15, 0.2) is 15.5 Å². The van der Waals surface area contributed by atoms with Gasteiger partial charge < -0.3 is 9.47 Å². The number of rotatable bonds is 8. The smallest absolute Gasteiger partial charge is 0.435 e. The quantitative estimate of drug-likeness (QED) is 0.279. The van der Waals surface area contributed by atoms with E-state index in [4.69, 9.17) is 9.47 Å². The summed E-state index contributed by atoms with van der Waals surface area (Å²) < 4.78 is 77.6. The maximum atomic E-state index is 13.7. The number of thiophene rings is 1. The van der Waals surface area contributed by atoms with Crippen LogP contribution in [0.4, 0.5) is 13.2 Å². The lowest BCUT2D eigenvalue weighted by Crippen LogP contribution is -2.38. The third-order valence-corrected chi connectivity index (χ3v) is 8.51. The third kappa shape index (κ3) is 6.52. The predicted octanol–water partition coefficient (Wildman–Crippen LogP) is 5.40. The molecule has 5 rings (SSSR count). The van der Waals surface area contributed by atoms with Crippen molar-refractivity contribution >= 4 is 21.2 Å². The summed E-state index contributed by atoms with van der Waals surface area (Å²) in [4.78, 5) is 3.67. The second kappa shape index (κ2) is 11.1. The molecule has 1 fully saturated rings. The van der Waals surface area contributed by atoms with Crippen LogP contribution in [0.25, 0.3) is 26.7 Å². The van der Waals surface area contributed by atoms with Gasteiger partial charge in [-0.05, 0) is 48.0 Å². The molecule has 39 heavy (non-hydrogen) atoms. The Hall–Kier alpha value is -3.19. The van der Waals surface area contributed by atoms with Gasteiger partial charge in [-0.15, -0.1) is 11.3 Å². The van der Waals surface area contributed by atoms with Crippen molar-refractivity contribution in [3.63, 3.8) is 0 Å². The van der Waals surface area contributed by atoms with Gasteiger partial charge in [0.1, 0.15) is 12.4 Å². The highest BCUT2D eigenvalue weighted by atomic mass is 32.2. The van der Waals surface area contributed by atoms with Crippen molar-refractivity contribution in [2.45, 2.75) is 11.1 Å². The molecule has 0 unspecified atom stereocenters. The van der Waals surface area contributed by atoms with Gasteiger partial charge in [-0.2, -0.15) is 18.3 Å². The molecular formula is C27H26F3N3O4S2.